The fraction of sp³-hybridized carbons (Fsp3) is 0.429. The molecule has 0 aliphatic carbocycles. The number of carbonyl (C=O) groups excluding carboxylic acids is 2. The molecule has 4 N–H and O–H groups in total. The van der Waals surface area contributed by atoms with E-state index in [2.05, 4.69) is 10.6 Å². The van der Waals surface area contributed by atoms with Crippen molar-refractivity contribution in [1.29, 1.82) is 0 Å². The Morgan fingerprint density at radius 3 is 2.47 bits per heavy atom. The van der Waals surface area contributed by atoms with Crippen LogP contribution in [0.3, 0.4) is 0 Å². The zero-order valence-electron chi connectivity index (χ0n) is 11.6. The van der Waals surface area contributed by atoms with Crippen LogP contribution < -0.4 is 16.4 Å². The van der Waals surface area contributed by atoms with E-state index in [0.29, 0.717) is 5.56 Å². The number of nitrogens with one attached hydrogen (secondary N) is 2. The molecule has 0 radical (unpaired) electrons. The Balaban J connectivity index is 2.90. The highest BCUT2D eigenvalue weighted by molar-refractivity contribution is 5.99. The highest BCUT2D eigenvalue weighted by atomic mass is 16.2. The number of nitrogens with two attached hydrogens (primary N) is 1. The lowest BCUT2D eigenvalue weighted by Gasteiger charge is -2.23. The average molecular weight is 263 g/mol. The lowest BCUT2D eigenvalue weighted by atomic mass is 10.0. The predicted molar refractivity (Wildman–Crippen MR) is 74.8 cm³/mol. The van der Waals surface area contributed by atoms with Gasteiger partial charge in [-0.25, -0.2) is 0 Å². The molecule has 2 amide bonds. The Morgan fingerprint density at radius 2 is 1.89 bits per heavy atom. The van der Waals surface area contributed by atoms with Crippen molar-refractivity contribution in [3.63, 3.8) is 0 Å². The van der Waals surface area contributed by atoms with Gasteiger partial charge in [-0.05, 0) is 45.5 Å². The first-order valence-corrected chi connectivity index (χ1v) is 6.23. The van der Waals surface area contributed by atoms with Gasteiger partial charge in [0.15, 0.2) is 0 Å². The number of hydrogen-bond acceptors (Lipinski definition) is 3. The van der Waals surface area contributed by atoms with Crippen LogP contribution in [0.5, 0.6) is 0 Å². The summed E-state index contributed by atoms with van der Waals surface area (Å²) < 4.78 is 0. The molecule has 0 aliphatic rings. The summed E-state index contributed by atoms with van der Waals surface area (Å²) >= 11 is 0. The number of hydrogen-bond donors (Lipinski definition) is 3. The molecule has 0 atom stereocenters. The number of benzene rings is 1. The SMILES string of the molecule is CNCCc1ccccc1C(=O)NC(C)(C)C(N)=O. The lowest BCUT2D eigenvalue weighted by molar-refractivity contribution is -0.122. The van der Waals surface area contributed by atoms with E-state index in [1.807, 2.05) is 19.2 Å². The first-order chi connectivity index (χ1) is 8.88. The topological polar surface area (TPSA) is 84.2 Å². The fourth-order valence-electron chi connectivity index (χ4n) is 1.63. The van der Waals surface area contributed by atoms with E-state index in [1.165, 1.54) is 0 Å². The van der Waals surface area contributed by atoms with Gasteiger partial charge in [-0.15, -0.1) is 0 Å². The summed E-state index contributed by atoms with van der Waals surface area (Å²) in [6, 6.07) is 7.34. The summed E-state index contributed by atoms with van der Waals surface area (Å²) in [6.45, 7) is 3.95. The van der Waals surface area contributed by atoms with Crippen LogP contribution >= 0.6 is 0 Å². The van der Waals surface area contributed by atoms with Gasteiger partial charge in [0.05, 0.1) is 0 Å². The third-order valence-electron chi connectivity index (χ3n) is 2.95. The maximum absolute atomic E-state index is 12.2. The molecular weight excluding hydrogens is 242 g/mol. The molecule has 104 valence electrons. The van der Waals surface area contributed by atoms with Crippen molar-refractivity contribution in [1.82, 2.24) is 10.6 Å². The predicted octanol–water partition coefficient (Wildman–Crippen LogP) is 0.442. The third kappa shape index (κ3) is 4.06. The van der Waals surface area contributed by atoms with Gasteiger partial charge in [0.1, 0.15) is 5.54 Å². The van der Waals surface area contributed by atoms with Crippen LogP contribution in [0.2, 0.25) is 0 Å². The molecule has 19 heavy (non-hydrogen) atoms. The minimum Gasteiger partial charge on any atom is -0.368 e. The number of carbonyl (C=O) groups is 2. The summed E-state index contributed by atoms with van der Waals surface area (Å²) in [7, 11) is 1.86. The standard InChI is InChI=1S/C14H21N3O2/c1-14(2,13(15)19)17-12(18)11-7-5-4-6-10(11)8-9-16-3/h4-7,16H,8-9H2,1-3H3,(H2,15,19)(H,17,18). The fourth-order valence-corrected chi connectivity index (χ4v) is 1.63. The summed E-state index contributed by atoms with van der Waals surface area (Å²) in [5.41, 5.74) is 5.70. The van der Waals surface area contributed by atoms with Gasteiger partial charge in [-0.1, -0.05) is 18.2 Å². The molecule has 5 nitrogen and oxygen atoms in total. The molecule has 1 aromatic rings. The van der Waals surface area contributed by atoms with E-state index >= 15 is 0 Å². The van der Waals surface area contributed by atoms with E-state index in [-0.39, 0.29) is 5.91 Å². The van der Waals surface area contributed by atoms with Gasteiger partial charge in [0, 0.05) is 5.56 Å². The second kappa shape index (κ2) is 6.33. The number of primary amides is 1. The van der Waals surface area contributed by atoms with Gasteiger partial charge < -0.3 is 16.4 Å². The van der Waals surface area contributed by atoms with Crippen molar-refractivity contribution in [3.8, 4) is 0 Å². The third-order valence-corrected chi connectivity index (χ3v) is 2.95. The highest BCUT2D eigenvalue weighted by Crippen LogP contribution is 2.11. The van der Waals surface area contributed by atoms with Crippen LogP contribution in [0, 0.1) is 0 Å². The van der Waals surface area contributed by atoms with Gasteiger partial charge >= 0.3 is 0 Å². The number of amides is 2. The van der Waals surface area contributed by atoms with Crippen molar-refractivity contribution in [2.24, 2.45) is 5.73 Å². The largest absolute Gasteiger partial charge is 0.368 e. The molecule has 5 heteroatoms. The Labute approximate surface area is 113 Å². The summed E-state index contributed by atoms with van der Waals surface area (Å²) in [5, 5.41) is 5.70. The van der Waals surface area contributed by atoms with E-state index in [1.54, 1.807) is 26.0 Å². The van der Waals surface area contributed by atoms with E-state index in [9.17, 15) is 9.59 Å². The average Bonchev–Trinajstić information content (AvgIpc) is 2.36. The maximum Gasteiger partial charge on any atom is 0.252 e. The Morgan fingerprint density at radius 1 is 1.26 bits per heavy atom. The summed E-state index contributed by atoms with van der Waals surface area (Å²) in [5.74, 6) is -0.843. The molecule has 0 spiro atoms. The first kappa shape index (κ1) is 15.2. The lowest BCUT2D eigenvalue weighted by Crippen LogP contribution is -2.53. The van der Waals surface area contributed by atoms with Crippen molar-refractivity contribution in [3.05, 3.63) is 35.4 Å². The van der Waals surface area contributed by atoms with E-state index < -0.39 is 11.4 Å². The molecule has 0 saturated heterocycles. The normalized spacial score (nSPS) is 11.1. The second-order valence-electron chi connectivity index (χ2n) is 4.95. The zero-order valence-corrected chi connectivity index (χ0v) is 11.6. The Kier molecular flexibility index (Phi) is 5.06. The first-order valence-electron chi connectivity index (χ1n) is 6.23. The summed E-state index contributed by atoms with van der Waals surface area (Å²) in [6.07, 6.45) is 0.747. The van der Waals surface area contributed by atoms with Crippen LogP contribution in [0.25, 0.3) is 0 Å². The maximum atomic E-state index is 12.2. The van der Waals surface area contributed by atoms with Gasteiger partial charge in [-0.3, -0.25) is 9.59 Å². The Bertz CT molecular complexity index is 470. The van der Waals surface area contributed by atoms with Crippen LogP contribution in [0.4, 0.5) is 0 Å². The minimum atomic E-state index is -1.06. The second-order valence-corrected chi connectivity index (χ2v) is 4.95. The molecule has 0 aliphatic heterocycles. The van der Waals surface area contributed by atoms with Gasteiger partial charge in [-0.2, -0.15) is 0 Å². The molecule has 0 unspecified atom stereocenters. The van der Waals surface area contributed by atoms with Crippen LogP contribution in [0.1, 0.15) is 29.8 Å². The molecule has 0 aromatic heterocycles. The molecule has 0 fully saturated rings. The van der Waals surface area contributed by atoms with Crippen LogP contribution in [-0.4, -0.2) is 30.9 Å². The number of rotatable bonds is 6. The number of likely N-dealkylation sites (N-methyl/N-ethyl adjacent to an activating group) is 1. The van der Waals surface area contributed by atoms with Crippen molar-refractivity contribution < 1.29 is 9.59 Å². The van der Waals surface area contributed by atoms with E-state index in [4.69, 9.17) is 5.73 Å². The molecule has 1 aromatic carbocycles. The molecule has 0 heterocycles. The molecular formula is C14H21N3O2. The Hall–Kier alpha value is -1.88. The highest BCUT2D eigenvalue weighted by Gasteiger charge is 2.27. The molecule has 0 saturated carbocycles. The monoisotopic (exact) mass is 263 g/mol. The summed E-state index contributed by atoms with van der Waals surface area (Å²) in [4.78, 5) is 23.5. The van der Waals surface area contributed by atoms with Crippen molar-refractivity contribution in [2.75, 3.05) is 13.6 Å². The van der Waals surface area contributed by atoms with E-state index in [0.717, 1.165) is 18.5 Å². The van der Waals surface area contributed by atoms with Crippen LogP contribution in [-0.2, 0) is 11.2 Å². The zero-order chi connectivity index (χ0) is 14.5. The van der Waals surface area contributed by atoms with Crippen molar-refractivity contribution >= 4 is 11.8 Å². The molecule has 1 rings (SSSR count). The van der Waals surface area contributed by atoms with Gasteiger partial charge in [0.25, 0.3) is 5.91 Å². The van der Waals surface area contributed by atoms with Gasteiger partial charge in [0.2, 0.25) is 5.91 Å². The smallest absolute Gasteiger partial charge is 0.252 e. The molecule has 0 bridgehead atoms. The minimum absolute atomic E-state index is 0.282. The van der Waals surface area contributed by atoms with Crippen LogP contribution in [0.15, 0.2) is 24.3 Å². The van der Waals surface area contributed by atoms with Crippen molar-refractivity contribution in [2.45, 2.75) is 25.8 Å². The quantitative estimate of drug-likeness (QED) is 0.696.